The van der Waals surface area contributed by atoms with E-state index in [1.165, 1.54) is 4.31 Å². The summed E-state index contributed by atoms with van der Waals surface area (Å²) < 4.78 is 35.7. The summed E-state index contributed by atoms with van der Waals surface area (Å²) in [7, 11) is -1.72. The number of hydrogen-bond donors (Lipinski definition) is 1. The van der Waals surface area contributed by atoms with E-state index in [2.05, 4.69) is 10.2 Å². The van der Waals surface area contributed by atoms with Crippen LogP contribution < -0.4 is 0 Å². The molecule has 4 aromatic rings. The molecule has 7 nitrogen and oxygen atoms in total. The van der Waals surface area contributed by atoms with Gasteiger partial charge in [0.1, 0.15) is 5.69 Å². The highest BCUT2D eigenvalue weighted by Gasteiger charge is 2.32. The Morgan fingerprint density at radius 1 is 1.19 bits per heavy atom. The van der Waals surface area contributed by atoms with Crippen molar-refractivity contribution in [3.05, 3.63) is 60.1 Å². The molecule has 3 aromatic heterocycles. The number of rotatable bonds is 3. The van der Waals surface area contributed by atoms with Gasteiger partial charge in [-0.25, -0.2) is 8.42 Å². The molecule has 0 aliphatic carbocycles. The van der Waals surface area contributed by atoms with Gasteiger partial charge < -0.3 is 8.98 Å². The van der Waals surface area contributed by atoms with Crippen LogP contribution in [-0.2, 0) is 30.0 Å². The maximum atomic E-state index is 13.4. The van der Waals surface area contributed by atoms with Gasteiger partial charge in [0, 0.05) is 54.9 Å². The first-order valence-corrected chi connectivity index (χ1v) is 10.1. The summed E-state index contributed by atoms with van der Waals surface area (Å²) in [4.78, 5) is 0.340. The number of H-pyrrole nitrogens is 1. The van der Waals surface area contributed by atoms with E-state index in [0.29, 0.717) is 29.3 Å². The van der Waals surface area contributed by atoms with Crippen LogP contribution in [0.5, 0.6) is 0 Å². The molecule has 4 heterocycles. The predicted octanol–water partition coefficient (Wildman–Crippen LogP) is 2.91. The van der Waals surface area contributed by atoms with Crippen molar-refractivity contribution in [1.29, 1.82) is 0 Å². The van der Waals surface area contributed by atoms with E-state index >= 15 is 0 Å². The highest BCUT2D eigenvalue weighted by Crippen LogP contribution is 2.33. The Morgan fingerprint density at radius 3 is 2.89 bits per heavy atom. The lowest BCUT2D eigenvalue weighted by molar-refractivity contribution is 0.390. The van der Waals surface area contributed by atoms with Gasteiger partial charge in [-0.2, -0.15) is 9.40 Å². The predicted molar refractivity (Wildman–Crippen MR) is 101 cm³/mol. The zero-order chi connectivity index (χ0) is 18.6. The third kappa shape index (κ3) is 2.44. The van der Waals surface area contributed by atoms with Crippen LogP contribution in [0.1, 0.15) is 11.3 Å². The Labute approximate surface area is 156 Å². The molecular formula is C19H18N4O3S. The number of aromatic amines is 1. The van der Waals surface area contributed by atoms with Gasteiger partial charge in [0.25, 0.3) is 0 Å². The molecule has 1 aliphatic heterocycles. The molecule has 5 rings (SSSR count). The maximum absolute atomic E-state index is 13.4. The summed E-state index contributed by atoms with van der Waals surface area (Å²) in [5, 5.41) is 8.10. The Hall–Kier alpha value is -2.84. The molecule has 1 aliphatic rings. The SMILES string of the molecule is Cn1ccc2c(S(=O)(=O)N3CCc4[nH]nc(-c5ccco5)c4C3)cccc21. The molecule has 0 bridgehead atoms. The summed E-state index contributed by atoms with van der Waals surface area (Å²) in [5.74, 6) is 0.636. The van der Waals surface area contributed by atoms with Gasteiger partial charge in [-0.1, -0.05) is 6.07 Å². The molecule has 0 unspecified atom stereocenters. The summed E-state index contributed by atoms with van der Waals surface area (Å²) in [5.41, 5.74) is 3.41. The number of nitrogens with zero attached hydrogens (tertiary/aromatic N) is 3. The smallest absolute Gasteiger partial charge is 0.244 e. The number of hydrogen-bond acceptors (Lipinski definition) is 4. The minimum absolute atomic E-state index is 0.271. The van der Waals surface area contributed by atoms with Gasteiger partial charge in [-0.15, -0.1) is 0 Å². The van der Waals surface area contributed by atoms with Crippen LogP contribution in [0.25, 0.3) is 22.4 Å². The quantitative estimate of drug-likeness (QED) is 0.590. The molecule has 1 aromatic carbocycles. The van der Waals surface area contributed by atoms with E-state index in [4.69, 9.17) is 4.42 Å². The van der Waals surface area contributed by atoms with Crippen molar-refractivity contribution in [2.45, 2.75) is 17.9 Å². The number of aromatic nitrogens is 3. The van der Waals surface area contributed by atoms with Crippen LogP contribution >= 0.6 is 0 Å². The minimum atomic E-state index is -3.63. The van der Waals surface area contributed by atoms with Crippen LogP contribution in [0.4, 0.5) is 0 Å². The average Bonchev–Trinajstić information content (AvgIpc) is 3.40. The number of aryl methyl sites for hydroxylation is 1. The van der Waals surface area contributed by atoms with E-state index < -0.39 is 10.0 Å². The fraction of sp³-hybridized carbons (Fsp3) is 0.211. The lowest BCUT2D eigenvalue weighted by atomic mass is 10.1. The molecule has 0 fully saturated rings. The maximum Gasteiger partial charge on any atom is 0.244 e. The molecule has 0 radical (unpaired) electrons. The van der Waals surface area contributed by atoms with E-state index in [1.54, 1.807) is 24.5 Å². The first-order valence-electron chi connectivity index (χ1n) is 8.70. The van der Waals surface area contributed by atoms with Crippen molar-refractivity contribution in [2.24, 2.45) is 7.05 Å². The van der Waals surface area contributed by atoms with Gasteiger partial charge >= 0.3 is 0 Å². The summed E-state index contributed by atoms with van der Waals surface area (Å²) in [6, 6.07) is 10.9. The zero-order valence-corrected chi connectivity index (χ0v) is 15.5. The fourth-order valence-corrected chi connectivity index (χ4v) is 5.34. The third-order valence-corrected chi connectivity index (χ3v) is 7.06. The van der Waals surface area contributed by atoms with Gasteiger partial charge in [0.15, 0.2) is 5.76 Å². The van der Waals surface area contributed by atoms with Gasteiger partial charge in [-0.05, 0) is 30.3 Å². The van der Waals surface area contributed by atoms with E-state index in [0.717, 1.165) is 22.2 Å². The second-order valence-electron chi connectivity index (χ2n) is 6.71. The van der Waals surface area contributed by atoms with Crippen molar-refractivity contribution in [1.82, 2.24) is 19.1 Å². The largest absolute Gasteiger partial charge is 0.463 e. The molecule has 138 valence electrons. The monoisotopic (exact) mass is 382 g/mol. The topological polar surface area (TPSA) is 84.1 Å². The van der Waals surface area contributed by atoms with Gasteiger partial charge in [0.05, 0.1) is 11.2 Å². The van der Waals surface area contributed by atoms with Crippen molar-refractivity contribution >= 4 is 20.9 Å². The summed E-state index contributed by atoms with van der Waals surface area (Å²) >= 11 is 0. The standard InChI is InChI=1S/C19H18N4O3S/c1-22-9-7-13-16(22)4-2-6-18(13)27(24,25)23-10-8-15-14(12-23)19(21-20-15)17-5-3-11-26-17/h2-7,9,11H,8,10,12H2,1H3,(H,20,21). The van der Waals surface area contributed by atoms with Crippen molar-refractivity contribution < 1.29 is 12.8 Å². The number of furan rings is 1. The van der Waals surface area contributed by atoms with E-state index in [9.17, 15) is 8.42 Å². The summed E-state index contributed by atoms with van der Waals surface area (Å²) in [6.45, 7) is 0.686. The second kappa shape index (κ2) is 5.83. The molecule has 0 amide bonds. The molecule has 0 spiro atoms. The van der Waals surface area contributed by atoms with Crippen molar-refractivity contribution in [3.8, 4) is 11.5 Å². The Bertz CT molecular complexity index is 1240. The third-order valence-electron chi connectivity index (χ3n) is 5.16. The Balaban J connectivity index is 1.57. The normalized spacial score (nSPS) is 15.3. The second-order valence-corrected chi connectivity index (χ2v) is 8.62. The highest BCUT2D eigenvalue weighted by molar-refractivity contribution is 7.89. The van der Waals surface area contributed by atoms with Crippen LogP contribution in [0.3, 0.4) is 0 Å². The zero-order valence-electron chi connectivity index (χ0n) is 14.7. The first-order chi connectivity index (χ1) is 13.1. The molecule has 1 N–H and O–H groups in total. The Kier molecular flexibility index (Phi) is 3.53. The lowest BCUT2D eigenvalue weighted by Gasteiger charge is -2.26. The summed E-state index contributed by atoms with van der Waals surface area (Å²) in [6.07, 6.45) is 4.06. The molecule has 0 saturated carbocycles. The molecule has 0 saturated heterocycles. The molecular weight excluding hydrogens is 364 g/mol. The van der Waals surface area contributed by atoms with Crippen LogP contribution in [0.15, 0.2) is 58.2 Å². The van der Waals surface area contributed by atoms with Crippen molar-refractivity contribution in [3.63, 3.8) is 0 Å². The van der Waals surface area contributed by atoms with E-state index in [1.807, 2.05) is 36.0 Å². The first kappa shape index (κ1) is 16.3. The molecule has 0 atom stereocenters. The number of benzene rings is 1. The lowest BCUT2D eigenvalue weighted by Crippen LogP contribution is -2.36. The van der Waals surface area contributed by atoms with Crippen LogP contribution in [-0.4, -0.2) is 34.0 Å². The molecule has 27 heavy (non-hydrogen) atoms. The highest BCUT2D eigenvalue weighted by atomic mass is 32.2. The van der Waals surface area contributed by atoms with Crippen LogP contribution in [0.2, 0.25) is 0 Å². The molecule has 8 heteroatoms. The van der Waals surface area contributed by atoms with Gasteiger partial charge in [0.2, 0.25) is 10.0 Å². The van der Waals surface area contributed by atoms with Crippen LogP contribution in [0, 0.1) is 0 Å². The van der Waals surface area contributed by atoms with Gasteiger partial charge in [-0.3, -0.25) is 5.10 Å². The number of nitrogens with one attached hydrogen (secondary N) is 1. The number of fused-ring (bicyclic) bond motifs is 2. The van der Waals surface area contributed by atoms with Crippen molar-refractivity contribution in [2.75, 3.05) is 6.54 Å². The Morgan fingerprint density at radius 2 is 2.07 bits per heavy atom. The number of sulfonamides is 1. The average molecular weight is 382 g/mol. The van der Waals surface area contributed by atoms with E-state index in [-0.39, 0.29) is 6.54 Å². The fourth-order valence-electron chi connectivity index (χ4n) is 3.73. The minimum Gasteiger partial charge on any atom is -0.463 e.